The van der Waals surface area contributed by atoms with Gasteiger partial charge >= 0.3 is 14.6 Å². The van der Waals surface area contributed by atoms with Crippen molar-refractivity contribution in [2.45, 2.75) is 31.1 Å². The second-order valence-electron chi connectivity index (χ2n) is 7.79. The smallest absolute Gasteiger partial charge is 0.469 e. The van der Waals surface area contributed by atoms with Crippen LogP contribution in [0.5, 0.6) is 0 Å². The SMILES string of the molecule is Nc1ncnc2c1ncn2[C@@H]1O[C@H](COP(=O)(O)O)[C@H]2O[B@-]3(OCc4ccccc43)O[C@H]21. The number of nitrogen functional groups attached to an aromatic ring is 1. The van der Waals surface area contributed by atoms with Crippen molar-refractivity contribution in [1.82, 2.24) is 19.5 Å². The van der Waals surface area contributed by atoms with Gasteiger partial charge in [-0.25, -0.2) is 19.5 Å². The Morgan fingerprint density at radius 1 is 1.22 bits per heavy atom. The topological polar surface area (TPSA) is 173 Å². The normalized spacial score (nSPS) is 31.4. The lowest BCUT2D eigenvalue weighted by Crippen LogP contribution is -2.51. The van der Waals surface area contributed by atoms with Crippen LogP contribution < -0.4 is 11.2 Å². The molecule has 0 bridgehead atoms. The number of hydrogen-bond acceptors (Lipinski definition) is 10. The summed E-state index contributed by atoms with van der Waals surface area (Å²) in [6.45, 7) is -2.36. The van der Waals surface area contributed by atoms with Gasteiger partial charge in [-0.15, -0.1) is 5.46 Å². The summed E-state index contributed by atoms with van der Waals surface area (Å²) < 4.78 is 42.3. The van der Waals surface area contributed by atoms with Crippen molar-refractivity contribution < 1.29 is 37.6 Å². The number of aromatic nitrogens is 4. The van der Waals surface area contributed by atoms with Crippen molar-refractivity contribution in [3.8, 4) is 0 Å². The molecule has 3 aliphatic rings. The van der Waals surface area contributed by atoms with Gasteiger partial charge in [0.25, 0.3) is 0 Å². The molecule has 2 aromatic heterocycles. The molecule has 0 unspecified atom stereocenters. The third-order valence-corrected chi connectivity index (χ3v) is 6.41. The van der Waals surface area contributed by atoms with E-state index in [0.717, 1.165) is 11.0 Å². The number of phosphoric ester groups is 1. The van der Waals surface area contributed by atoms with Crippen molar-refractivity contribution in [2.24, 2.45) is 0 Å². The fourth-order valence-corrected chi connectivity index (χ4v) is 4.91. The van der Waals surface area contributed by atoms with Gasteiger partial charge in [-0.05, 0) is 0 Å². The van der Waals surface area contributed by atoms with Crippen LogP contribution in [0.15, 0.2) is 36.9 Å². The Hall–Kier alpha value is -2.42. The van der Waals surface area contributed by atoms with Crippen LogP contribution in [0.25, 0.3) is 11.2 Å². The number of benzene rings is 1. The molecule has 32 heavy (non-hydrogen) atoms. The Morgan fingerprint density at radius 2 is 2.03 bits per heavy atom. The van der Waals surface area contributed by atoms with Gasteiger partial charge in [0.1, 0.15) is 17.9 Å². The Bertz CT molecular complexity index is 1250. The second-order valence-corrected chi connectivity index (χ2v) is 9.03. The van der Waals surface area contributed by atoms with Crippen LogP contribution >= 0.6 is 7.82 Å². The molecule has 0 amide bonds. The summed E-state index contributed by atoms with van der Waals surface area (Å²) >= 11 is 0. The van der Waals surface area contributed by atoms with Crippen LogP contribution in [0.2, 0.25) is 0 Å². The van der Waals surface area contributed by atoms with Gasteiger partial charge in [0.2, 0.25) is 0 Å². The van der Waals surface area contributed by atoms with E-state index in [4.69, 9.17) is 38.7 Å². The summed E-state index contributed by atoms with van der Waals surface area (Å²) in [7, 11) is -4.73. The summed E-state index contributed by atoms with van der Waals surface area (Å²) in [5.41, 5.74) is 8.45. The molecule has 168 valence electrons. The van der Waals surface area contributed by atoms with Gasteiger partial charge in [-0.1, -0.05) is 29.8 Å². The van der Waals surface area contributed by atoms with Crippen molar-refractivity contribution in [3.63, 3.8) is 0 Å². The van der Waals surface area contributed by atoms with E-state index in [2.05, 4.69) is 15.0 Å². The number of phosphoric acid groups is 1. The van der Waals surface area contributed by atoms with Crippen molar-refractivity contribution >= 4 is 37.0 Å². The lowest BCUT2D eigenvalue weighted by molar-refractivity contribution is -0.0664. The van der Waals surface area contributed by atoms with E-state index < -0.39 is 45.7 Å². The number of rotatable bonds is 4. The quantitative estimate of drug-likeness (QED) is 0.338. The summed E-state index contributed by atoms with van der Waals surface area (Å²) in [6.07, 6.45) is -0.262. The molecule has 15 heteroatoms. The molecule has 5 heterocycles. The molecule has 2 fully saturated rings. The van der Waals surface area contributed by atoms with Crippen LogP contribution in [0.4, 0.5) is 5.82 Å². The van der Waals surface area contributed by atoms with Gasteiger partial charge in [0.05, 0.1) is 25.1 Å². The van der Waals surface area contributed by atoms with E-state index in [1.807, 2.05) is 24.3 Å². The lowest BCUT2D eigenvalue weighted by Gasteiger charge is -2.34. The predicted octanol–water partition coefficient (Wildman–Crippen LogP) is -0.425. The highest BCUT2D eigenvalue weighted by molar-refractivity contribution is 7.46. The Morgan fingerprint density at radius 3 is 2.88 bits per heavy atom. The van der Waals surface area contributed by atoms with Gasteiger partial charge in [0.15, 0.2) is 17.7 Å². The first-order chi connectivity index (χ1) is 15.3. The average molecular weight is 462 g/mol. The van der Waals surface area contributed by atoms with Crippen molar-refractivity contribution in [3.05, 3.63) is 42.5 Å². The highest BCUT2D eigenvalue weighted by atomic mass is 31.2. The molecular formula is C17H18BN5O8P-. The summed E-state index contributed by atoms with van der Waals surface area (Å²) in [5, 5.41) is 0. The Labute approximate surface area is 180 Å². The number of imidazole rings is 1. The van der Waals surface area contributed by atoms with Crippen LogP contribution in [0, 0.1) is 0 Å². The van der Waals surface area contributed by atoms with E-state index >= 15 is 0 Å². The van der Waals surface area contributed by atoms with Gasteiger partial charge in [-0.2, -0.15) is 0 Å². The van der Waals surface area contributed by atoms with Crippen molar-refractivity contribution in [1.29, 1.82) is 0 Å². The number of hydrogen-bond donors (Lipinski definition) is 3. The minimum atomic E-state index is -4.73. The third kappa shape index (κ3) is 3.08. The number of ether oxygens (including phenoxy) is 1. The second kappa shape index (κ2) is 7.04. The first-order valence-corrected chi connectivity index (χ1v) is 11.4. The van der Waals surface area contributed by atoms with Gasteiger partial charge < -0.3 is 34.2 Å². The number of nitrogens with zero attached hydrogens (tertiary/aromatic N) is 4. The molecule has 1 aromatic carbocycles. The van der Waals surface area contributed by atoms with Crippen LogP contribution in [0.1, 0.15) is 11.8 Å². The van der Waals surface area contributed by atoms with E-state index in [0.29, 0.717) is 17.8 Å². The molecule has 3 aromatic rings. The zero-order valence-corrected chi connectivity index (χ0v) is 17.3. The molecule has 0 saturated carbocycles. The molecule has 6 rings (SSSR count). The van der Waals surface area contributed by atoms with Gasteiger partial charge in [-0.3, -0.25) is 9.09 Å². The first-order valence-electron chi connectivity index (χ1n) is 9.84. The maximum absolute atomic E-state index is 11.3. The number of fused-ring (bicyclic) bond motifs is 4. The first kappa shape index (κ1) is 20.2. The minimum Gasteiger partial charge on any atom is -0.537 e. The molecule has 3 aliphatic heterocycles. The summed E-state index contributed by atoms with van der Waals surface area (Å²) in [6, 6.07) is 7.57. The molecule has 0 radical (unpaired) electrons. The maximum atomic E-state index is 11.3. The minimum absolute atomic E-state index is 0.210. The van der Waals surface area contributed by atoms with Crippen LogP contribution in [-0.4, -0.2) is 61.0 Å². The molecule has 2 saturated heterocycles. The average Bonchev–Trinajstić information content (AvgIpc) is 3.50. The fourth-order valence-electron chi connectivity index (χ4n) is 4.57. The van der Waals surface area contributed by atoms with Gasteiger partial charge in [0, 0.05) is 6.61 Å². The van der Waals surface area contributed by atoms with Crippen LogP contribution in [-0.2, 0) is 34.4 Å². The standard InChI is InChI=1S/C17H18BN5O8P/c19-15-12-16(21-7-20-15)23(8-22-12)17-14-13(11(29-17)6-28-32(24,25)26)30-18(31-14)10-4-2-1-3-9(10)5-27-18/h1-4,7-8,11,13-14,17H,5-6H2,(H2,19,20,21)(H2,24,25,26)/q-1/t11-,13-,14-,17-,18+/m1/s1. The highest BCUT2D eigenvalue weighted by Gasteiger charge is 2.58. The van der Waals surface area contributed by atoms with Crippen LogP contribution in [0.3, 0.4) is 0 Å². The zero-order chi connectivity index (χ0) is 22.1. The molecule has 5 atom stereocenters. The number of anilines is 1. The highest BCUT2D eigenvalue weighted by Crippen LogP contribution is 2.46. The van der Waals surface area contributed by atoms with Crippen molar-refractivity contribution in [2.75, 3.05) is 12.3 Å². The summed E-state index contributed by atoms with van der Waals surface area (Å²) in [4.78, 5) is 30.8. The number of nitrogens with two attached hydrogens (primary N) is 1. The molecular weight excluding hydrogens is 444 g/mol. The van der Waals surface area contributed by atoms with E-state index in [-0.39, 0.29) is 5.82 Å². The molecule has 4 N–H and O–H groups in total. The zero-order valence-electron chi connectivity index (χ0n) is 16.4. The summed E-state index contributed by atoms with van der Waals surface area (Å²) in [5.74, 6) is 0.210. The molecule has 1 spiro atoms. The fraction of sp³-hybridized carbons (Fsp3) is 0.353. The predicted molar refractivity (Wildman–Crippen MR) is 108 cm³/mol. The Balaban J connectivity index is 1.39. The molecule has 0 aliphatic carbocycles. The largest absolute Gasteiger partial charge is 0.537 e. The third-order valence-electron chi connectivity index (χ3n) is 5.92. The Kier molecular flexibility index (Phi) is 4.45. The monoisotopic (exact) mass is 462 g/mol. The molecule has 13 nitrogen and oxygen atoms in total. The van der Waals surface area contributed by atoms with E-state index in [1.54, 1.807) is 4.57 Å². The van der Waals surface area contributed by atoms with E-state index in [1.165, 1.54) is 12.7 Å². The van der Waals surface area contributed by atoms with E-state index in [9.17, 15) is 4.57 Å². The lowest BCUT2D eigenvalue weighted by atomic mass is 9.70. The maximum Gasteiger partial charge on any atom is 0.469 e.